The van der Waals surface area contributed by atoms with E-state index < -0.39 is 0 Å². The molecule has 1 N–H and O–H groups in total. The Hall–Kier alpha value is -0.980. The molecule has 0 atom stereocenters. The molecule has 0 unspecified atom stereocenters. The highest BCUT2D eigenvalue weighted by Gasteiger charge is 2.21. The molecule has 1 nitrogen and oxygen atoms in total. The van der Waals surface area contributed by atoms with E-state index in [1.54, 1.807) is 0 Å². The first-order valence-corrected chi connectivity index (χ1v) is 9.76. The normalized spacial score (nSPS) is 11.9. The Morgan fingerprint density at radius 2 is 1.39 bits per heavy atom. The minimum Gasteiger partial charge on any atom is -0.507 e. The number of phenols is 1. The molecule has 0 aliphatic carbocycles. The lowest BCUT2D eigenvalue weighted by Crippen LogP contribution is -2.15. The van der Waals surface area contributed by atoms with Gasteiger partial charge in [0.25, 0.3) is 0 Å². The summed E-state index contributed by atoms with van der Waals surface area (Å²) in [6, 6.07) is 4.41. The fourth-order valence-corrected chi connectivity index (χ4v) is 3.29. The predicted molar refractivity (Wildman–Crippen MR) is 102 cm³/mol. The summed E-state index contributed by atoms with van der Waals surface area (Å²) in [6.07, 6.45) is 12.1. The monoisotopic (exact) mass is 318 g/mol. The van der Waals surface area contributed by atoms with Crippen molar-refractivity contribution in [1.82, 2.24) is 0 Å². The van der Waals surface area contributed by atoms with Gasteiger partial charge in [-0.25, -0.2) is 0 Å². The van der Waals surface area contributed by atoms with Crippen molar-refractivity contribution in [3.05, 3.63) is 28.8 Å². The number of phenolic OH excluding ortho intramolecular Hbond substituents is 1. The second kappa shape index (κ2) is 10.0. The molecule has 0 bridgehead atoms. The zero-order valence-corrected chi connectivity index (χ0v) is 16.2. The van der Waals surface area contributed by atoms with Crippen molar-refractivity contribution in [2.45, 2.75) is 104 Å². The molecule has 0 saturated carbocycles. The molecule has 0 amide bonds. The van der Waals surface area contributed by atoms with Gasteiger partial charge in [0, 0.05) is 0 Å². The Kier molecular flexibility index (Phi) is 8.73. The van der Waals surface area contributed by atoms with Crippen LogP contribution >= 0.6 is 0 Å². The molecule has 0 saturated heterocycles. The van der Waals surface area contributed by atoms with Gasteiger partial charge in [-0.15, -0.1) is 0 Å². The van der Waals surface area contributed by atoms with E-state index in [9.17, 15) is 5.11 Å². The Morgan fingerprint density at radius 1 is 0.783 bits per heavy atom. The van der Waals surface area contributed by atoms with Gasteiger partial charge in [-0.2, -0.15) is 0 Å². The summed E-state index contributed by atoms with van der Waals surface area (Å²) in [7, 11) is 0. The molecule has 0 aliphatic heterocycles. The third kappa shape index (κ3) is 6.57. The standard InChI is InChI=1S/C22H38O/c1-6-8-10-11-12-13-15-19-20(22(3,4)5)17-16-18(21(19)23)14-9-7-2/h16-17,23H,6-15H2,1-5H3. The van der Waals surface area contributed by atoms with E-state index in [1.165, 1.54) is 56.1 Å². The predicted octanol–water partition coefficient (Wildman–Crippen LogP) is 6.94. The molecule has 0 spiro atoms. The van der Waals surface area contributed by atoms with Gasteiger partial charge >= 0.3 is 0 Å². The molecule has 1 aromatic rings. The highest BCUT2D eigenvalue weighted by molar-refractivity contribution is 5.48. The smallest absolute Gasteiger partial charge is 0.122 e. The van der Waals surface area contributed by atoms with Crippen molar-refractivity contribution in [1.29, 1.82) is 0 Å². The van der Waals surface area contributed by atoms with Crippen molar-refractivity contribution >= 4 is 0 Å². The molecule has 1 rings (SSSR count). The molecule has 1 aromatic carbocycles. The quantitative estimate of drug-likeness (QED) is 0.463. The van der Waals surface area contributed by atoms with Gasteiger partial charge in [0.05, 0.1) is 0 Å². The molecule has 0 fully saturated rings. The van der Waals surface area contributed by atoms with Crippen molar-refractivity contribution in [3.8, 4) is 5.75 Å². The highest BCUT2D eigenvalue weighted by atomic mass is 16.3. The van der Waals surface area contributed by atoms with Crippen LogP contribution in [0.15, 0.2) is 12.1 Å². The maximum atomic E-state index is 10.8. The second-order valence-electron chi connectivity index (χ2n) is 7.97. The van der Waals surface area contributed by atoms with Gasteiger partial charge in [-0.1, -0.05) is 85.3 Å². The first kappa shape index (κ1) is 20.1. The third-order valence-corrected chi connectivity index (χ3v) is 4.75. The van der Waals surface area contributed by atoms with Gasteiger partial charge in [0.1, 0.15) is 5.75 Å². The molecule has 0 heterocycles. The largest absolute Gasteiger partial charge is 0.507 e. The van der Waals surface area contributed by atoms with Gasteiger partial charge in [0.15, 0.2) is 0 Å². The fourth-order valence-electron chi connectivity index (χ4n) is 3.29. The summed E-state index contributed by atoms with van der Waals surface area (Å²) in [6.45, 7) is 11.2. The Morgan fingerprint density at radius 3 is 2.00 bits per heavy atom. The van der Waals surface area contributed by atoms with Crippen LogP contribution in [0.3, 0.4) is 0 Å². The average Bonchev–Trinajstić information content (AvgIpc) is 2.49. The van der Waals surface area contributed by atoms with Gasteiger partial charge in [-0.3, -0.25) is 0 Å². The molecule has 0 aromatic heterocycles. The molecular formula is C22H38O. The third-order valence-electron chi connectivity index (χ3n) is 4.75. The van der Waals surface area contributed by atoms with Gasteiger partial charge < -0.3 is 5.11 Å². The maximum absolute atomic E-state index is 10.8. The molecule has 0 radical (unpaired) electrons. The summed E-state index contributed by atoms with van der Waals surface area (Å²) >= 11 is 0. The van der Waals surface area contributed by atoms with Gasteiger partial charge in [-0.05, 0) is 47.8 Å². The Balaban J connectivity index is 2.82. The minimum absolute atomic E-state index is 0.0955. The first-order chi connectivity index (χ1) is 10.9. The van der Waals surface area contributed by atoms with E-state index >= 15 is 0 Å². The summed E-state index contributed by atoms with van der Waals surface area (Å²) in [4.78, 5) is 0. The molecule has 0 aliphatic rings. The number of hydrogen-bond acceptors (Lipinski definition) is 1. The van der Waals surface area contributed by atoms with E-state index in [2.05, 4.69) is 46.8 Å². The van der Waals surface area contributed by atoms with E-state index in [0.717, 1.165) is 24.8 Å². The summed E-state index contributed by atoms with van der Waals surface area (Å²) < 4.78 is 0. The van der Waals surface area contributed by atoms with Gasteiger partial charge in [0.2, 0.25) is 0 Å². The first-order valence-electron chi connectivity index (χ1n) is 9.76. The van der Waals surface area contributed by atoms with E-state index in [0.29, 0.717) is 5.75 Å². The van der Waals surface area contributed by atoms with E-state index in [1.807, 2.05) is 0 Å². The second-order valence-corrected chi connectivity index (χ2v) is 7.97. The molecular weight excluding hydrogens is 280 g/mol. The van der Waals surface area contributed by atoms with Crippen LogP contribution in [-0.4, -0.2) is 5.11 Å². The summed E-state index contributed by atoms with van der Waals surface area (Å²) in [5.74, 6) is 0.583. The minimum atomic E-state index is 0.0955. The van der Waals surface area contributed by atoms with Crippen molar-refractivity contribution in [3.63, 3.8) is 0 Å². The number of aromatic hydroxyl groups is 1. The number of hydrogen-bond donors (Lipinski definition) is 1. The van der Waals surface area contributed by atoms with Crippen LogP contribution in [-0.2, 0) is 18.3 Å². The van der Waals surface area contributed by atoms with Crippen LogP contribution in [0.5, 0.6) is 5.75 Å². The number of benzene rings is 1. The van der Waals surface area contributed by atoms with Crippen LogP contribution < -0.4 is 0 Å². The maximum Gasteiger partial charge on any atom is 0.122 e. The lowest BCUT2D eigenvalue weighted by Gasteiger charge is -2.25. The molecule has 1 heteroatoms. The number of unbranched alkanes of at least 4 members (excludes halogenated alkanes) is 6. The summed E-state index contributed by atoms with van der Waals surface area (Å²) in [5, 5.41) is 10.8. The lowest BCUT2D eigenvalue weighted by atomic mass is 9.81. The topological polar surface area (TPSA) is 20.2 Å². The number of aryl methyl sites for hydroxylation is 1. The van der Waals surface area contributed by atoms with Crippen LogP contribution in [0, 0.1) is 0 Å². The zero-order chi connectivity index (χ0) is 17.3. The highest BCUT2D eigenvalue weighted by Crippen LogP contribution is 2.35. The molecule has 23 heavy (non-hydrogen) atoms. The van der Waals surface area contributed by atoms with Crippen molar-refractivity contribution < 1.29 is 5.11 Å². The van der Waals surface area contributed by atoms with Crippen LogP contribution in [0.2, 0.25) is 0 Å². The number of rotatable bonds is 10. The van der Waals surface area contributed by atoms with E-state index in [4.69, 9.17) is 0 Å². The molecule has 132 valence electrons. The van der Waals surface area contributed by atoms with E-state index in [-0.39, 0.29) is 5.41 Å². The van der Waals surface area contributed by atoms with Crippen LogP contribution in [0.25, 0.3) is 0 Å². The zero-order valence-electron chi connectivity index (χ0n) is 16.2. The fraction of sp³-hybridized carbons (Fsp3) is 0.727. The Labute approximate surface area is 144 Å². The Bertz CT molecular complexity index is 454. The van der Waals surface area contributed by atoms with Crippen molar-refractivity contribution in [2.24, 2.45) is 0 Å². The SMILES string of the molecule is CCCCCCCCc1c(C(C)(C)C)ccc(CCCC)c1O. The van der Waals surface area contributed by atoms with Crippen LogP contribution in [0.4, 0.5) is 0 Å². The summed E-state index contributed by atoms with van der Waals surface area (Å²) in [5.41, 5.74) is 3.77. The van der Waals surface area contributed by atoms with Crippen molar-refractivity contribution in [2.75, 3.05) is 0 Å². The average molecular weight is 319 g/mol. The lowest BCUT2D eigenvalue weighted by molar-refractivity contribution is 0.451. The van der Waals surface area contributed by atoms with Crippen LogP contribution in [0.1, 0.15) is 103 Å².